The Hall–Kier alpha value is -2.07. The highest BCUT2D eigenvalue weighted by atomic mass is 19.1. The van der Waals surface area contributed by atoms with E-state index in [1.54, 1.807) is 19.2 Å². The van der Waals surface area contributed by atoms with Gasteiger partial charge in [-0.15, -0.1) is 0 Å². The Balaban J connectivity index is 2.07. The fraction of sp³-hybridized carbons (Fsp3) is 0.250. The average Bonchev–Trinajstić information content (AvgIpc) is 2.46. The molecule has 4 heteroatoms. The molecule has 0 saturated carbocycles. The van der Waals surface area contributed by atoms with Gasteiger partial charge in [0, 0.05) is 6.04 Å². The lowest BCUT2D eigenvalue weighted by Gasteiger charge is -2.11. The number of ether oxygens (including phenoxy) is 2. The minimum atomic E-state index is -0.400. The first-order valence-corrected chi connectivity index (χ1v) is 6.41. The van der Waals surface area contributed by atoms with Crippen LogP contribution in [-0.2, 0) is 6.61 Å². The van der Waals surface area contributed by atoms with E-state index in [2.05, 4.69) is 0 Å². The summed E-state index contributed by atoms with van der Waals surface area (Å²) in [5.74, 6) is 0.568. The molecule has 2 aromatic carbocycles. The Morgan fingerprint density at radius 2 is 2.00 bits per heavy atom. The molecule has 0 aliphatic heterocycles. The third-order valence-corrected chi connectivity index (χ3v) is 3.01. The van der Waals surface area contributed by atoms with Crippen LogP contribution in [0.15, 0.2) is 42.5 Å². The quantitative estimate of drug-likeness (QED) is 0.909. The number of nitrogens with two attached hydrogens (primary N) is 1. The Kier molecular flexibility index (Phi) is 4.58. The molecule has 106 valence electrons. The molecule has 0 unspecified atom stereocenters. The van der Waals surface area contributed by atoms with Crippen LogP contribution in [0.25, 0.3) is 0 Å². The van der Waals surface area contributed by atoms with Crippen molar-refractivity contribution in [3.05, 3.63) is 59.4 Å². The summed E-state index contributed by atoms with van der Waals surface area (Å²) in [6.07, 6.45) is 0. The summed E-state index contributed by atoms with van der Waals surface area (Å²) in [5.41, 5.74) is 7.37. The highest BCUT2D eigenvalue weighted by molar-refractivity contribution is 5.32. The first kappa shape index (κ1) is 14.3. The van der Waals surface area contributed by atoms with E-state index in [0.717, 1.165) is 16.9 Å². The largest absolute Gasteiger partial charge is 0.497 e. The SMILES string of the molecule is COc1cccc(COc2ccc([C@H](C)N)cc2F)c1. The molecule has 0 fully saturated rings. The predicted octanol–water partition coefficient (Wildman–Crippen LogP) is 3.43. The number of rotatable bonds is 5. The number of halogens is 1. The Morgan fingerprint density at radius 1 is 1.20 bits per heavy atom. The van der Waals surface area contributed by atoms with E-state index >= 15 is 0 Å². The van der Waals surface area contributed by atoms with Gasteiger partial charge in [-0.05, 0) is 42.3 Å². The zero-order valence-corrected chi connectivity index (χ0v) is 11.6. The molecule has 0 spiro atoms. The molecule has 1 atom stereocenters. The van der Waals surface area contributed by atoms with Crippen LogP contribution in [0.2, 0.25) is 0 Å². The molecule has 2 N–H and O–H groups in total. The smallest absolute Gasteiger partial charge is 0.165 e. The second-order valence-corrected chi connectivity index (χ2v) is 4.62. The molecule has 0 aromatic heterocycles. The average molecular weight is 275 g/mol. The molecule has 3 nitrogen and oxygen atoms in total. The maximum Gasteiger partial charge on any atom is 0.165 e. The van der Waals surface area contributed by atoms with Crippen molar-refractivity contribution in [1.82, 2.24) is 0 Å². The molecule has 0 radical (unpaired) electrons. The van der Waals surface area contributed by atoms with E-state index in [0.29, 0.717) is 0 Å². The Labute approximate surface area is 118 Å². The zero-order valence-electron chi connectivity index (χ0n) is 11.6. The van der Waals surface area contributed by atoms with Crippen molar-refractivity contribution in [2.24, 2.45) is 5.73 Å². The minimum Gasteiger partial charge on any atom is -0.497 e. The molecule has 0 aliphatic rings. The van der Waals surface area contributed by atoms with E-state index in [4.69, 9.17) is 15.2 Å². The fourth-order valence-corrected chi connectivity index (χ4v) is 1.84. The molecule has 0 aliphatic carbocycles. The molecule has 0 amide bonds. The van der Waals surface area contributed by atoms with Crippen molar-refractivity contribution in [1.29, 1.82) is 0 Å². The third kappa shape index (κ3) is 3.48. The van der Waals surface area contributed by atoms with Gasteiger partial charge in [-0.25, -0.2) is 4.39 Å². The van der Waals surface area contributed by atoms with Crippen LogP contribution in [-0.4, -0.2) is 7.11 Å². The van der Waals surface area contributed by atoms with Crippen LogP contribution < -0.4 is 15.2 Å². The zero-order chi connectivity index (χ0) is 14.5. The Morgan fingerprint density at radius 3 is 2.65 bits per heavy atom. The normalized spacial score (nSPS) is 12.0. The van der Waals surface area contributed by atoms with Crippen LogP contribution in [0.5, 0.6) is 11.5 Å². The van der Waals surface area contributed by atoms with E-state index in [1.807, 2.05) is 31.2 Å². The second kappa shape index (κ2) is 6.39. The summed E-state index contributed by atoms with van der Waals surface area (Å²) >= 11 is 0. The lowest BCUT2D eigenvalue weighted by atomic mass is 10.1. The van der Waals surface area contributed by atoms with Crippen molar-refractivity contribution in [3.8, 4) is 11.5 Å². The standard InChI is InChI=1S/C16H18FNO2/c1-11(18)13-6-7-16(15(17)9-13)20-10-12-4-3-5-14(8-12)19-2/h3-9,11H,10,18H2,1-2H3/t11-/m0/s1. The summed E-state index contributed by atoms with van der Waals surface area (Å²) in [6, 6.07) is 12.1. The summed E-state index contributed by atoms with van der Waals surface area (Å²) < 4.78 is 24.5. The van der Waals surface area contributed by atoms with Gasteiger partial charge in [-0.1, -0.05) is 18.2 Å². The first-order valence-electron chi connectivity index (χ1n) is 6.41. The monoisotopic (exact) mass is 275 g/mol. The van der Waals surface area contributed by atoms with Gasteiger partial charge in [-0.2, -0.15) is 0 Å². The van der Waals surface area contributed by atoms with E-state index < -0.39 is 5.82 Å². The van der Waals surface area contributed by atoms with Crippen molar-refractivity contribution >= 4 is 0 Å². The summed E-state index contributed by atoms with van der Waals surface area (Å²) in [5, 5.41) is 0. The summed E-state index contributed by atoms with van der Waals surface area (Å²) in [4.78, 5) is 0. The number of hydrogen-bond donors (Lipinski definition) is 1. The molecule has 2 aromatic rings. The van der Waals surface area contributed by atoms with Gasteiger partial charge >= 0.3 is 0 Å². The van der Waals surface area contributed by atoms with Crippen LogP contribution in [0.3, 0.4) is 0 Å². The van der Waals surface area contributed by atoms with Crippen molar-refractivity contribution in [3.63, 3.8) is 0 Å². The van der Waals surface area contributed by atoms with Crippen molar-refractivity contribution in [2.45, 2.75) is 19.6 Å². The van der Waals surface area contributed by atoms with Crippen molar-refractivity contribution in [2.75, 3.05) is 7.11 Å². The van der Waals surface area contributed by atoms with Crippen molar-refractivity contribution < 1.29 is 13.9 Å². The lowest BCUT2D eigenvalue weighted by molar-refractivity contribution is 0.289. The molecule has 0 bridgehead atoms. The topological polar surface area (TPSA) is 44.5 Å². The molecular formula is C16H18FNO2. The van der Waals surface area contributed by atoms with Gasteiger partial charge in [-0.3, -0.25) is 0 Å². The van der Waals surface area contributed by atoms with E-state index in [9.17, 15) is 4.39 Å². The molecule has 2 rings (SSSR count). The summed E-state index contributed by atoms with van der Waals surface area (Å²) in [6.45, 7) is 2.09. The highest BCUT2D eigenvalue weighted by Crippen LogP contribution is 2.22. The maximum atomic E-state index is 13.9. The van der Waals surface area contributed by atoms with Crippen LogP contribution in [0.4, 0.5) is 4.39 Å². The molecule has 0 saturated heterocycles. The van der Waals surface area contributed by atoms with E-state index in [1.165, 1.54) is 6.07 Å². The highest BCUT2D eigenvalue weighted by Gasteiger charge is 2.07. The minimum absolute atomic E-state index is 0.197. The number of methoxy groups -OCH3 is 1. The van der Waals surface area contributed by atoms with Gasteiger partial charge in [0.05, 0.1) is 7.11 Å². The molecular weight excluding hydrogens is 257 g/mol. The van der Waals surface area contributed by atoms with Gasteiger partial charge in [0.15, 0.2) is 11.6 Å². The second-order valence-electron chi connectivity index (χ2n) is 4.62. The fourth-order valence-electron chi connectivity index (χ4n) is 1.84. The number of hydrogen-bond acceptors (Lipinski definition) is 3. The first-order chi connectivity index (χ1) is 9.60. The predicted molar refractivity (Wildman–Crippen MR) is 76.3 cm³/mol. The van der Waals surface area contributed by atoms with Crippen LogP contribution >= 0.6 is 0 Å². The van der Waals surface area contributed by atoms with E-state index in [-0.39, 0.29) is 18.4 Å². The lowest BCUT2D eigenvalue weighted by Crippen LogP contribution is -2.06. The molecule has 20 heavy (non-hydrogen) atoms. The Bertz CT molecular complexity index is 584. The van der Waals surface area contributed by atoms with Gasteiger partial charge < -0.3 is 15.2 Å². The summed E-state index contributed by atoms with van der Waals surface area (Å²) in [7, 11) is 1.60. The van der Waals surface area contributed by atoms with Gasteiger partial charge in [0.1, 0.15) is 12.4 Å². The maximum absolute atomic E-state index is 13.9. The van der Waals surface area contributed by atoms with Crippen LogP contribution in [0.1, 0.15) is 24.1 Å². The number of benzene rings is 2. The third-order valence-electron chi connectivity index (χ3n) is 3.01. The molecule has 0 heterocycles. The van der Waals surface area contributed by atoms with Crippen LogP contribution in [0, 0.1) is 5.82 Å². The van der Waals surface area contributed by atoms with Gasteiger partial charge in [0.2, 0.25) is 0 Å². The van der Waals surface area contributed by atoms with Gasteiger partial charge in [0.25, 0.3) is 0 Å².